The van der Waals surface area contributed by atoms with Gasteiger partial charge in [-0.1, -0.05) is 43.2 Å². The molecule has 1 atom stereocenters. The van der Waals surface area contributed by atoms with E-state index in [1.807, 2.05) is 30.3 Å². The summed E-state index contributed by atoms with van der Waals surface area (Å²) in [6, 6.07) is 12.0. The molecule has 2 N–H and O–H groups in total. The topological polar surface area (TPSA) is 49.3 Å². The third-order valence-electron chi connectivity index (χ3n) is 4.35. The van der Waals surface area contributed by atoms with Crippen LogP contribution in [-0.2, 0) is 4.79 Å². The molecule has 1 aliphatic carbocycles. The fraction of sp³-hybridized carbons (Fsp3) is 0.421. The van der Waals surface area contributed by atoms with Crippen molar-refractivity contribution >= 4 is 29.0 Å². The van der Waals surface area contributed by atoms with E-state index in [1.54, 1.807) is 23.1 Å². The number of benzene rings is 1. The Hall–Kier alpha value is -1.30. The number of hydrogen-bond donors (Lipinski definition) is 2. The van der Waals surface area contributed by atoms with Crippen molar-refractivity contribution in [1.29, 1.82) is 0 Å². The Kier molecular flexibility index (Phi) is 6.35. The minimum absolute atomic E-state index is 0.0150. The number of thiophene rings is 1. The Bertz CT molecular complexity index is 634. The zero-order valence-electron chi connectivity index (χ0n) is 13.6. The molecule has 3 rings (SSSR count). The van der Waals surface area contributed by atoms with E-state index in [1.165, 1.54) is 30.6 Å². The van der Waals surface area contributed by atoms with Crippen LogP contribution in [0.2, 0.25) is 0 Å². The lowest BCUT2D eigenvalue weighted by atomic mass is 10.1. The summed E-state index contributed by atoms with van der Waals surface area (Å²) in [6.45, 7) is 0.266. The van der Waals surface area contributed by atoms with Gasteiger partial charge < -0.3 is 10.4 Å². The first-order valence-electron chi connectivity index (χ1n) is 8.42. The van der Waals surface area contributed by atoms with E-state index in [2.05, 4.69) is 16.8 Å². The molecular formula is C19H23NO2S2. The number of aliphatic hydroxyl groups is 1. The predicted octanol–water partition coefficient (Wildman–Crippen LogP) is 4.24. The summed E-state index contributed by atoms with van der Waals surface area (Å²) in [7, 11) is 0. The average Bonchev–Trinajstić information content (AvgIpc) is 3.31. The molecule has 128 valence electrons. The Balaban J connectivity index is 1.44. The van der Waals surface area contributed by atoms with Gasteiger partial charge in [0.15, 0.2) is 0 Å². The molecule has 0 aliphatic heterocycles. The highest BCUT2D eigenvalue weighted by atomic mass is 32.2. The lowest BCUT2D eigenvalue weighted by molar-refractivity contribution is -0.119. The van der Waals surface area contributed by atoms with E-state index in [9.17, 15) is 9.90 Å². The van der Waals surface area contributed by atoms with Crippen molar-refractivity contribution in [2.45, 2.75) is 37.0 Å². The molecule has 1 saturated carbocycles. The Morgan fingerprint density at radius 3 is 2.67 bits per heavy atom. The zero-order chi connectivity index (χ0) is 16.8. The van der Waals surface area contributed by atoms with Gasteiger partial charge in [-0.2, -0.15) is 0 Å². The summed E-state index contributed by atoms with van der Waals surface area (Å²) < 4.78 is 0. The lowest BCUT2D eigenvalue weighted by Crippen LogP contribution is -2.30. The maximum Gasteiger partial charge on any atom is 0.230 e. The van der Waals surface area contributed by atoms with E-state index >= 15 is 0 Å². The van der Waals surface area contributed by atoms with Crippen LogP contribution in [0.5, 0.6) is 0 Å². The summed E-state index contributed by atoms with van der Waals surface area (Å²) in [6.07, 6.45) is 4.38. The van der Waals surface area contributed by atoms with Crippen LogP contribution in [0.4, 0.5) is 0 Å². The number of nitrogens with one attached hydrogen (secondary N) is 1. The van der Waals surface area contributed by atoms with Crippen LogP contribution in [0.3, 0.4) is 0 Å². The Morgan fingerprint density at radius 1 is 1.25 bits per heavy atom. The first kappa shape index (κ1) is 17.5. The second-order valence-electron chi connectivity index (χ2n) is 6.14. The second-order valence-corrected chi connectivity index (χ2v) is 8.37. The summed E-state index contributed by atoms with van der Waals surface area (Å²) in [5, 5.41) is 15.8. The maximum atomic E-state index is 11.9. The van der Waals surface area contributed by atoms with E-state index in [0.29, 0.717) is 11.0 Å². The molecule has 0 bridgehead atoms. The van der Waals surface area contributed by atoms with E-state index in [-0.39, 0.29) is 12.5 Å². The van der Waals surface area contributed by atoms with Crippen molar-refractivity contribution < 1.29 is 9.90 Å². The molecule has 24 heavy (non-hydrogen) atoms. The fourth-order valence-electron chi connectivity index (χ4n) is 2.94. The molecule has 0 radical (unpaired) electrons. The van der Waals surface area contributed by atoms with Crippen LogP contribution in [0.25, 0.3) is 10.4 Å². The van der Waals surface area contributed by atoms with Gasteiger partial charge in [0.25, 0.3) is 0 Å². The highest BCUT2D eigenvalue weighted by Crippen LogP contribution is 2.29. The van der Waals surface area contributed by atoms with Crippen LogP contribution >= 0.6 is 23.1 Å². The van der Waals surface area contributed by atoms with Crippen molar-refractivity contribution in [2.75, 3.05) is 12.3 Å². The monoisotopic (exact) mass is 361 g/mol. The molecule has 0 saturated heterocycles. The molecule has 1 aliphatic rings. The molecule has 1 amide bonds. The summed E-state index contributed by atoms with van der Waals surface area (Å²) >= 11 is 3.45. The molecule has 1 aromatic carbocycles. The van der Waals surface area contributed by atoms with Gasteiger partial charge in [-0.25, -0.2) is 0 Å². The van der Waals surface area contributed by atoms with Gasteiger partial charge in [-0.3, -0.25) is 4.79 Å². The number of carbonyl (C=O) groups excluding carboxylic acids is 1. The van der Waals surface area contributed by atoms with Crippen molar-refractivity contribution in [3.05, 3.63) is 47.3 Å². The number of carbonyl (C=O) groups is 1. The fourth-order valence-corrected chi connectivity index (χ4v) is 4.83. The van der Waals surface area contributed by atoms with Crippen molar-refractivity contribution in [3.8, 4) is 10.4 Å². The van der Waals surface area contributed by atoms with Crippen LogP contribution in [0.1, 0.15) is 37.4 Å². The van der Waals surface area contributed by atoms with E-state index in [0.717, 1.165) is 11.1 Å². The molecule has 1 heterocycles. The van der Waals surface area contributed by atoms with Crippen molar-refractivity contribution in [1.82, 2.24) is 5.32 Å². The van der Waals surface area contributed by atoms with E-state index < -0.39 is 6.10 Å². The van der Waals surface area contributed by atoms with Crippen LogP contribution in [0, 0.1) is 0 Å². The Morgan fingerprint density at radius 2 is 2.00 bits per heavy atom. The molecule has 1 fully saturated rings. The highest BCUT2D eigenvalue weighted by molar-refractivity contribution is 8.00. The lowest BCUT2D eigenvalue weighted by Gasteiger charge is -2.13. The largest absolute Gasteiger partial charge is 0.387 e. The summed E-state index contributed by atoms with van der Waals surface area (Å²) in [4.78, 5) is 13.1. The van der Waals surface area contributed by atoms with Gasteiger partial charge in [0, 0.05) is 16.7 Å². The minimum Gasteiger partial charge on any atom is -0.387 e. The quantitative estimate of drug-likeness (QED) is 0.775. The van der Waals surface area contributed by atoms with Crippen molar-refractivity contribution in [2.24, 2.45) is 0 Å². The number of amides is 1. The molecule has 1 unspecified atom stereocenters. The third-order valence-corrected chi connectivity index (χ3v) is 6.64. The SMILES string of the molecule is O=C(CSC1CCCC1)NCC(O)c1ccc(-c2cccs2)cc1. The first-order chi connectivity index (χ1) is 11.7. The first-order valence-corrected chi connectivity index (χ1v) is 10.4. The van der Waals surface area contributed by atoms with Gasteiger partial charge in [0.2, 0.25) is 5.91 Å². The van der Waals surface area contributed by atoms with Gasteiger partial charge in [-0.15, -0.1) is 23.1 Å². The zero-order valence-corrected chi connectivity index (χ0v) is 15.2. The van der Waals surface area contributed by atoms with Gasteiger partial charge in [0.1, 0.15) is 0 Å². The third kappa shape index (κ3) is 4.85. The smallest absolute Gasteiger partial charge is 0.230 e. The molecular weight excluding hydrogens is 338 g/mol. The summed E-state index contributed by atoms with van der Waals surface area (Å²) in [5.74, 6) is 0.510. The standard InChI is InChI=1S/C19H23NO2S2/c21-17(12-20-19(22)13-24-16-4-1-2-5-16)14-7-9-15(10-8-14)18-6-3-11-23-18/h3,6-11,16-17,21H,1-2,4-5,12-13H2,(H,20,22). The van der Waals surface area contributed by atoms with Crippen LogP contribution < -0.4 is 5.32 Å². The van der Waals surface area contributed by atoms with Crippen LogP contribution in [-0.4, -0.2) is 28.6 Å². The van der Waals surface area contributed by atoms with Gasteiger partial charge in [0.05, 0.1) is 11.9 Å². The molecule has 2 aromatic rings. The maximum absolute atomic E-state index is 11.9. The highest BCUT2D eigenvalue weighted by Gasteiger charge is 2.17. The van der Waals surface area contributed by atoms with Gasteiger partial charge in [-0.05, 0) is 35.4 Å². The number of hydrogen-bond acceptors (Lipinski definition) is 4. The molecule has 3 nitrogen and oxygen atoms in total. The number of rotatable bonds is 7. The second kappa shape index (κ2) is 8.70. The minimum atomic E-state index is -0.664. The van der Waals surface area contributed by atoms with Gasteiger partial charge >= 0.3 is 0 Å². The normalized spacial score (nSPS) is 16.2. The summed E-state index contributed by atoms with van der Waals surface area (Å²) in [5.41, 5.74) is 1.98. The Labute approximate surface area is 151 Å². The molecule has 1 aromatic heterocycles. The average molecular weight is 362 g/mol. The van der Waals surface area contributed by atoms with Crippen LogP contribution in [0.15, 0.2) is 41.8 Å². The van der Waals surface area contributed by atoms with Crippen molar-refractivity contribution in [3.63, 3.8) is 0 Å². The molecule has 5 heteroatoms. The number of thioether (sulfide) groups is 1. The predicted molar refractivity (Wildman–Crippen MR) is 102 cm³/mol. The number of aliphatic hydroxyl groups excluding tert-OH is 1. The molecule has 0 spiro atoms. The van der Waals surface area contributed by atoms with E-state index in [4.69, 9.17) is 0 Å².